The van der Waals surface area contributed by atoms with Gasteiger partial charge in [-0.05, 0) is 42.0 Å². The smallest absolute Gasteiger partial charge is 0.326 e. The number of phenols is 1. The van der Waals surface area contributed by atoms with Gasteiger partial charge in [0, 0.05) is 32.5 Å². The predicted octanol–water partition coefficient (Wildman–Crippen LogP) is 1.43. The third-order valence-electron chi connectivity index (χ3n) is 6.60. The molecule has 3 rings (SSSR count). The second-order valence-electron chi connectivity index (χ2n) is 8.46. The van der Waals surface area contributed by atoms with E-state index in [4.69, 9.17) is 0 Å². The number of β-amino-alcohol motifs (C(OH)–C–C–N with tert-alkyl or cyclic N) is 1. The summed E-state index contributed by atoms with van der Waals surface area (Å²) in [5, 5.41) is 28.8. The lowest BCUT2D eigenvalue weighted by molar-refractivity contribution is -0.148. The fraction of sp³-hybridized carbons (Fsp3) is 0.619. The highest BCUT2D eigenvalue weighted by atomic mass is 16.4. The van der Waals surface area contributed by atoms with E-state index in [9.17, 15) is 24.9 Å². The van der Waals surface area contributed by atoms with Crippen molar-refractivity contribution >= 4 is 11.9 Å². The number of hydrogen-bond acceptors (Lipinski definition) is 5. The van der Waals surface area contributed by atoms with E-state index in [1.54, 1.807) is 6.07 Å². The molecule has 2 heterocycles. The first-order valence-electron chi connectivity index (χ1n) is 9.93. The van der Waals surface area contributed by atoms with Crippen LogP contribution in [0.5, 0.6) is 5.75 Å². The lowest BCUT2D eigenvalue weighted by atomic mass is 9.68. The topological polar surface area (TPSA) is 101 Å². The molecule has 7 nitrogen and oxygen atoms in total. The average molecular weight is 390 g/mol. The van der Waals surface area contributed by atoms with Crippen LogP contribution in [0.25, 0.3) is 0 Å². The summed E-state index contributed by atoms with van der Waals surface area (Å²) in [6.07, 6.45) is 0.519. The second kappa shape index (κ2) is 8.09. The Balaban J connectivity index is 1.56. The number of amides is 1. The number of carboxylic acids is 1. The number of rotatable bonds is 5. The summed E-state index contributed by atoms with van der Waals surface area (Å²) >= 11 is 0. The standard InChI is InChI=1S/C21H30N2O5/c1-14-12-22(9-7-21(14,2)15-4-3-5-16(24)10-15)8-6-19(26)23-13-17(25)11-18(23)20(27)28/h3-5,10,14,17-18,24-25H,6-9,11-13H2,1-2H3,(H,27,28)/t14-,17+,18+,21+/m0/s1. The predicted molar refractivity (Wildman–Crippen MR) is 104 cm³/mol. The van der Waals surface area contributed by atoms with Gasteiger partial charge in [0.15, 0.2) is 0 Å². The molecule has 0 unspecified atom stereocenters. The fourth-order valence-corrected chi connectivity index (χ4v) is 4.53. The molecular weight excluding hydrogens is 360 g/mol. The fourth-order valence-electron chi connectivity index (χ4n) is 4.53. The molecule has 0 radical (unpaired) electrons. The molecule has 0 aromatic heterocycles. The van der Waals surface area contributed by atoms with Crippen molar-refractivity contribution in [1.82, 2.24) is 9.80 Å². The molecule has 7 heteroatoms. The molecule has 2 saturated heterocycles. The van der Waals surface area contributed by atoms with Gasteiger partial charge in [0.05, 0.1) is 6.10 Å². The van der Waals surface area contributed by atoms with Gasteiger partial charge in [-0.15, -0.1) is 0 Å². The first-order valence-corrected chi connectivity index (χ1v) is 9.93. The number of aliphatic hydroxyl groups excluding tert-OH is 1. The van der Waals surface area contributed by atoms with Crippen molar-refractivity contribution in [3.05, 3.63) is 29.8 Å². The number of piperidine rings is 1. The van der Waals surface area contributed by atoms with E-state index in [0.717, 1.165) is 25.1 Å². The minimum atomic E-state index is -1.06. The molecule has 1 aromatic carbocycles. The zero-order chi connectivity index (χ0) is 20.5. The van der Waals surface area contributed by atoms with Crippen LogP contribution in [0.1, 0.15) is 38.7 Å². The van der Waals surface area contributed by atoms with Gasteiger partial charge in [0.2, 0.25) is 5.91 Å². The van der Waals surface area contributed by atoms with E-state index in [-0.39, 0.29) is 36.5 Å². The molecule has 0 bridgehead atoms. The molecule has 1 amide bonds. The number of aliphatic hydroxyl groups is 1. The van der Waals surface area contributed by atoms with Gasteiger partial charge in [-0.25, -0.2) is 4.79 Å². The van der Waals surface area contributed by atoms with E-state index < -0.39 is 18.1 Å². The Bertz CT molecular complexity index is 739. The maximum atomic E-state index is 12.5. The maximum Gasteiger partial charge on any atom is 0.326 e. The van der Waals surface area contributed by atoms with Crippen LogP contribution in [0.3, 0.4) is 0 Å². The summed E-state index contributed by atoms with van der Waals surface area (Å²) in [7, 11) is 0. The van der Waals surface area contributed by atoms with E-state index in [0.29, 0.717) is 12.5 Å². The highest BCUT2D eigenvalue weighted by molar-refractivity contribution is 5.84. The van der Waals surface area contributed by atoms with E-state index >= 15 is 0 Å². The molecule has 1 aromatic rings. The Morgan fingerprint density at radius 1 is 1.29 bits per heavy atom. The number of likely N-dealkylation sites (tertiary alicyclic amines) is 2. The summed E-state index contributed by atoms with van der Waals surface area (Å²) in [5.74, 6) is -0.644. The number of aliphatic carboxylic acids is 1. The molecular formula is C21H30N2O5. The van der Waals surface area contributed by atoms with Crippen LogP contribution in [-0.4, -0.2) is 75.3 Å². The van der Waals surface area contributed by atoms with Gasteiger partial charge in [-0.3, -0.25) is 4.79 Å². The monoisotopic (exact) mass is 390 g/mol. The number of nitrogens with zero attached hydrogens (tertiary/aromatic N) is 2. The third kappa shape index (κ3) is 4.15. The van der Waals surface area contributed by atoms with Crippen molar-refractivity contribution in [2.75, 3.05) is 26.2 Å². The summed E-state index contributed by atoms with van der Waals surface area (Å²) < 4.78 is 0. The van der Waals surface area contributed by atoms with E-state index in [1.807, 2.05) is 12.1 Å². The van der Waals surface area contributed by atoms with E-state index in [1.165, 1.54) is 4.90 Å². The molecule has 28 heavy (non-hydrogen) atoms. The highest BCUT2D eigenvalue weighted by Gasteiger charge is 2.40. The van der Waals surface area contributed by atoms with Crippen molar-refractivity contribution in [2.24, 2.45) is 5.92 Å². The van der Waals surface area contributed by atoms with Crippen LogP contribution < -0.4 is 0 Å². The van der Waals surface area contributed by atoms with Gasteiger partial charge < -0.3 is 25.1 Å². The average Bonchev–Trinajstić information content (AvgIpc) is 3.05. The summed E-state index contributed by atoms with van der Waals surface area (Å²) in [6.45, 7) is 6.77. The zero-order valence-corrected chi connectivity index (χ0v) is 16.5. The van der Waals surface area contributed by atoms with Gasteiger partial charge in [-0.2, -0.15) is 0 Å². The molecule has 0 spiro atoms. The summed E-state index contributed by atoms with van der Waals surface area (Å²) in [4.78, 5) is 27.4. The number of hydrogen-bond donors (Lipinski definition) is 3. The largest absolute Gasteiger partial charge is 0.508 e. The molecule has 2 fully saturated rings. The van der Waals surface area contributed by atoms with Gasteiger partial charge in [0.1, 0.15) is 11.8 Å². The number of carbonyl (C=O) groups is 2. The number of carbonyl (C=O) groups excluding carboxylic acids is 1. The van der Waals surface area contributed by atoms with Crippen LogP contribution >= 0.6 is 0 Å². The maximum absolute atomic E-state index is 12.5. The Hall–Kier alpha value is -2.12. The lowest BCUT2D eigenvalue weighted by Gasteiger charge is -2.45. The van der Waals surface area contributed by atoms with Gasteiger partial charge in [-0.1, -0.05) is 26.0 Å². The molecule has 4 atom stereocenters. The molecule has 0 aliphatic carbocycles. The summed E-state index contributed by atoms with van der Waals surface area (Å²) in [5.41, 5.74) is 1.10. The quantitative estimate of drug-likeness (QED) is 0.703. The SMILES string of the molecule is C[C@H]1CN(CCC(=O)N2C[C@H](O)C[C@@H]2C(=O)O)CC[C@@]1(C)c1cccc(O)c1. The molecule has 3 N–H and O–H groups in total. The van der Waals surface area contributed by atoms with Crippen molar-refractivity contribution in [2.45, 2.75) is 50.7 Å². The number of aromatic hydroxyl groups is 1. The van der Waals surface area contributed by atoms with Crippen LogP contribution in [0, 0.1) is 5.92 Å². The molecule has 154 valence electrons. The third-order valence-corrected chi connectivity index (χ3v) is 6.60. The molecule has 2 aliphatic rings. The summed E-state index contributed by atoms with van der Waals surface area (Å²) in [6, 6.07) is 6.52. The normalized spacial score (nSPS) is 31.1. The lowest BCUT2D eigenvalue weighted by Crippen LogP contribution is -2.48. The Labute approximate surface area is 165 Å². The van der Waals surface area contributed by atoms with Crippen LogP contribution in [0.4, 0.5) is 0 Å². The van der Waals surface area contributed by atoms with E-state index in [2.05, 4.69) is 24.8 Å². The molecule has 0 saturated carbocycles. The number of carboxylic acid groups (broad SMARTS) is 1. The number of benzene rings is 1. The second-order valence-corrected chi connectivity index (χ2v) is 8.46. The van der Waals surface area contributed by atoms with Crippen molar-refractivity contribution in [3.8, 4) is 5.75 Å². The van der Waals surface area contributed by atoms with Crippen LogP contribution in [0.15, 0.2) is 24.3 Å². The molecule has 2 aliphatic heterocycles. The zero-order valence-electron chi connectivity index (χ0n) is 16.5. The minimum absolute atomic E-state index is 0.0350. The Morgan fingerprint density at radius 2 is 2.04 bits per heavy atom. The van der Waals surface area contributed by atoms with Crippen LogP contribution in [-0.2, 0) is 15.0 Å². The van der Waals surface area contributed by atoms with Gasteiger partial charge >= 0.3 is 5.97 Å². The van der Waals surface area contributed by atoms with Gasteiger partial charge in [0.25, 0.3) is 0 Å². The minimum Gasteiger partial charge on any atom is -0.508 e. The first kappa shape index (κ1) is 20.6. The first-order chi connectivity index (χ1) is 13.2. The van der Waals surface area contributed by atoms with Crippen molar-refractivity contribution in [1.29, 1.82) is 0 Å². The Kier molecular flexibility index (Phi) is 5.95. The van der Waals surface area contributed by atoms with Crippen molar-refractivity contribution < 1.29 is 24.9 Å². The van der Waals surface area contributed by atoms with Crippen molar-refractivity contribution in [3.63, 3.8) is 0 Å². The highest BCUT2D eigenvalue weighted by Crippen LogP contribution is 2.40. The van der Waals surface area contributed by atoms with Crippen LogP contribution in [0.2, 0.25) is 0 Å². The Morgan fingerprint density at radius 3 is 2.68 bits per heavy atom. The number of phenolic OH excluding ortho intramolecular Hbond substituents is 1.